The van der Waals surface area contributed by atoms with Crippen molar-refractivity contribution in [1.82, 2.24) is 20.2 Å². The fourth-order valence-corrected chi connectivity index (χ4v) is 3.55. The summed E-state index contributed by atoms with van der Waals surface area (Å²) in [6.45, 7) is 1.74. The normalized spacial score (nSPS) is 13.6. The van der Waals surface area contributed by atoms with E-state index >= 15 is 0 Å². The quantitative estimate of drug-likeness (QED) is 0.525. The van der Waals surface area contributed by atoms with E-state index in [4.69, 9.17) is 27.6 Å². The van der Waals surface area contributed by atoms with E-state index in [1.54, 1.807) is 6.20 Å². The van der Waals surface area contributed by atoms with Crippen LogP contribution in [0.25, 0.3) is 0 Å². The number of hydrogen-bond acceptors (Lipinski definition) is 5. The van der Waals surface area contributed by atoms with E-state index in [-0.39, 0.29) is 11.6 Å². The summed E-state index contributed by atoms with van der Waals surface area (Å²) in [4.78, 5) is 23.3. The summed E-state index contributed by atoms with van der Waals surface area (Å²) in [5.74, 6) is 0.278. The summed E-state index contributed by atoms with van der Waals surface area (Å²) in [6.07, 6.45) is 6.10. The molecule has 0 atom stereocenters. The minimum Gasteiger partial charge on any atom is -0.447 e. The number of aromatic nitrogens is 2. The molecule has 4 rings (SSSR count). The molecule has 1 aliphatic carbocycles. The number of amides is 1. The highest BCUT2D eigenvalue weighted by atomic mass is 35.5. The van der Waals surface area contributed by atoms with E-state index in [0.717, 1.165) is 30.6 Å². The number of halogens is 2. The lowest BCUT2D eigenvalue weighted by molar-refractivity contribution is 0.0949. The Bertz CT molecular complexity index is 1010. The third kappa shape index (κ3) is 5.59. The van der Waals surface area contributed by atoms with Gasteiger partial charge in [-0.1, -0.05) is 35.3 Å². The summed E-state index contributed by atoms with van der Waals surface area (Å²) < 4.78 is 5.57. The molecule has 0 unspecified atom stereocenters. The first-order valence-corrected chi connectivity index (χ1v) is 10.6. The zero-order valence-electron chi connectivity index (χ0n) is 16.4. The average molecular weight is 445 g/mol. The Balaban J connectivity index is 1.32. The van der Waals surface area contributed by atoms with Gasteiger partial charge in [-0.3, -0.25) is 14.7 Å². The summed E-state index contributed by atoms with van der Waals surface area (Å²) in [6, 6.07) is 11.9. The molecule has 1 amide bonds. The second-order valence-corrected chi connectivity index (χ2v) is 8.15. The molecular formula is C22H22Cl2N4O2. The van der Waals surface area contributed by atoms with Gasteiger partial charge in [-0.15, -0.1) is 0 Å². The second-order valence-electron chi connectivity index (χ2n) is 7.34. The number of hydrogen-bond donors (Lipinski definition) is 1. The second kappa shape index (κ2) is 9.60. The molecule has 1 fully saturated rings. The monoisotopic (exact) mass is 444 g/mol. The molecule has 0 aliphatic heterocycles. The van der Waals surface area contributed by atoms with E-state index in [9.17, 15) is 4.79 Å². The number of oxazole rings is 1. The van der Waals surface area contributed by atoms with Crippen LogP contribution in [0.2, 0.25) is 10.0 Å². The third-order valence-electron chi connectivity index (χ3n) is 4.95. The van der Waals surface area contributed by atoms with Crippen LogP contribution in [0.15, 0.2) is 53.3 Å². The molecule has 0 radical (unpaired) electrons. The molecule has 6 nitrogen and oxygen atoms in total. The van der Waals surface area contributed by atoms with Gasteiger partial charge in [0, 0.05) is 37.4 Å². The largest absolute Gasteiger partial charge is 0.447 e. The lowest BCUT2D eigenvalue weighted by atomic mass is 10.2. The molecule has 1 N–H and O–H groups in total. The zero-order valence-corrected chi connectivity index (χ0v) is 17.9. The van der Waals surface area contributed by atoms with Crippen molar-refractivity contribution in [2.45, 2.75) is 38.4 Å². The van der Waals surface area contributed by atoms with Crippen molar-refractivity contribution >= 4 is 29.1 Å². The van der Waals surface area contributed by atoms with Gasteiger partial charge in [0.05, 0.1) is 16.6 Å². The van der Waals surface area contributed by atoms with Gasteiger partial charge in [0.1, 0.15) is 6.26 Å². The SMILES string of the molecule is O=C(NCCc1ccccn1)c1coc(CN(Cc2ccc(Cl)c(Cl)c2)C2CC2)n1. The number of nitrogens with one attached hydrogen (secondary N) is 1. The molecular weight excluding hydrogens is 423 g/mol. The standard InChI is InChI=1S/C22H22Cl2N4O2/c23-18-7-4-15(11-19(18)24)12-28(17-5-6-17)13-21-27-20(14-30-21)22(29)26-10-8-16-3-1-2-9-25-16/h1-4,7,9,11,14,17H,5-6,8,10,12-13H2,(H,26,29). The van der Waals surface area contributed by atoms with Gasteiger partial charge in [-0.05, 0) is 42.7 Å². The minimum atomic E-state index is -0.247. The van der Waals surface area contributed by atoms with Crippen LogP contribution in [0.1, 0.15) is 40.5 Å². The van der Waals surface area contributed by atoms with Crippen molar-refractivity contribution in [2.24, 2.45) is 0 Å². The van der Waals surface area contributed by atoms with Crippen LogP contribution < -0.4 is 5.32 Å². The fourth-order valence-electron chi connectivity index (χ4n) is 3.23. The van der Waals surface area contributed by atoms with Crippen LogP contribution in [-0.4, -0.2) is 33.4 Å². The van der Waals surface area contributed by atoms with Crippen molar-refractivity contribution in [3.8, 4) is 0 Å². The molecule has 30 heavy (non-hydrogen) atoms. The predicted molar refractivity (Wildman–Crippen MR) is 116 cm³/mol. The lowest BCUT2D eigenvalue weighted by Gasteiger charge is -2.20. The highest BCUT2D eigenvalue weighted by Gasteiger charge is 2.30. The van der Waals surface area contributed by atoms with Crippen molar-refractivity contribution < 1.29 is 9.21 Å². The van der Waals surface area contributed by atoms with Crippen molar-refractivity contribution in [1.29, 1.82) is 0 Å². The van der Waals surface area contributed by atoms with Gasteiger partial charge < -0.3 is 9.73 Å². The summed E-state index contributed by atoms with van der Waals surface area (Å²) in [7, 11) is 0. The molecule has 1 aliphatic rings. The van der Waals surface area contributed by atoms with Gasteiger partial charge >= 0.3 is 0 Å². The van der Waals surface area contributed by atoms with E-state index in [1.807, 2.05) is 36.4 Å². The zero-order chi connectivity index (χ0) is 20.9. The first-order valence-electron chi connectivity index (χ1n) is 9.89. The van der Waals surface area contributed by atoms with E-state index < -0.39 is 0 Å². The molecule has 0 bridgehead atoms. The lowest BCUT2D eigenvalue weighted by Crippen LogP contribution is -2.27. The Kier molecular flexibility index (Phi) is 6.67. The Morgan fingerprint density at radius 1 is 1.17 bits per heavy atom. The maximum atomic E-state index is 12.3. The van der Waals surface area contributed by atoms with Crippen LogP contribution in [0.4, 0.5) is 0 Å². The number of nitrogens with zero attached hydrogens (tertiary/aromatic N) is 3. The van der Waals surface area contributed by atoms with E-state index in [0.29, 0.717) is 41.5 Å². The summed E-state index contributed by atoms with van der Waals surface area (Å²) in [5, 5.41) is 3.95. The molecule has 156 valence electrons. The van der Waals surface area contributed by atoms with Crippen LogP contribution >= 0.6 is 23.2 Å². The molecule has 0 saturated heterocycles. The maximum Gasteiger partial charge on any atom is 0.273 e. The fraction of sp³-hybridized carbons (Fsp3) is 0.318. The maximum absolute atomic E-state index is 12.3. The van der Waals surface area contributed by atoms with Crippen molar-refractivity contribution in [3.63, 3.8) is 0 Å². The molecule has 8 heteroatoms. The van der Waals surface area contributed by atoms with Gasteiger partial charge in [-0.2, -0.15) is 0 Å². The minimum absolute atomic E-state index is 0.247. The number of rotatable bonds is 9. The van der Waals surface area contributed by atoms with Crippen LogP contribution in [0, 0.1) is 0 Å². The molecule has 0 spiro atoms. The average Bonchev–Trinajstić information content (AvgIpc) is 3.49. The molecule has 3 aromatic rings. The van der Waals surface area contributed by atoms with E-state index in [1.165, 1.54) is 6.26 Å². The van der Waals surface area contributed by atoms with Crippen molar-refractivity contribution in [2.75, 3.05) is 6.54 Å². The predicted octanol–water partition coefficient (Wildman–Crippen LogP) is 4.51. The highest BCUT2D eigenvalue weighted by molar-refractivity contribution is 6.42. The summed E-state index contributed by atoms with van der Waals surface area (Å²) >= 11 is 12.2. The highest BCUT2D eigenvalue weighted by Crippen LogP contribution is 2.31. The number of carbonyl (C=O) groups is 1. The molecule has 1 aromatic carbocycles. The third-order valence-corrected chi connectivity index (χ3v) is 5.69. The Morgan fingerprint density at radius 3 is 2.77 bits per heavy atom. The number of benzene rings is 1. The first kappa shape index (κ1) is 20.8. The first-order chi connectivity index (χ1) is 14.6. The molecule has 2 aromatic heterocycles. The van der Waals surface area contributed by atoms with Gasteiger partial charge in [0.25, 0.3) is 5.91 Å². The smallest absolute Gasteiger partial charge is 0.273 e. The number of pyridine rings is 1. The topological polar surface area (TPSA) is 71.3 Å². The Labute approximate surface area is 185 Å². The van der Waals surface area contributed by atoms with Gasteiger partial charge in [-0.25, -0.2) is 4.98 Å². The molecule has 1 saturated carbocycles. The summed E-state index contributed by atoms with van der Waals surface area (Å²) in [5.41, 5.74) is 2.30. The van der Waals surface area contributed by atoms with E-state index in [2.05, 4.69) is 20.2 Å². The van der Waals surface area contributed by atoms with Crippen LogP contribution in [-0.2, 0) is 19.5 Å². The van der Waals surface area contributed by atoms with Crippen LogP contribution in [0.5, 0.6) is 0 Å². The van der Waals surface area contributed by atoms with Crippen molar-refractivity contribution in [3.05, 3.63) is 81.7 Å². The Morgan fingerprint density at radius 2 is 2.03 bits per heavy atom. The van der Waals surface area contributed by atoms with Gasteiger partial charge in [0.15, 0.2) is 5.69 Å². The number of carbonyl (C=O) groups excluding carboxylic acids is 1. The van der Waals surface area contributed by atoms with Crippen LogP contribution in [0.3, 0.4) is 0 Å². The molecule has 2 heterocycles. The van der Waals surface area contributed by atoms with Gasteiger partial charge in [0.2, 0.25) is 5.89 Å². The Hall–Kier alpha value is -2.41.